The van der Waals surface area contributed by atoms with Gasteiger partial charge in [-0.2, -0.15) is 0 Å². The average Bonchev–Trinajstić information content (AvgIpc) is 3.22. The summed E-state index contributed by atoms with van der Waals surface area (Å²) in [5.74, 6) is 1.83. The lowest BCUT2D eigenvalue weighted by Crippen LogP contribution is -2.50. The number of furan rings is 1. The van der Waals surface area contributed by atoms with Crippen molar-refractivity contribution < 1.29 is 13.9 Å². The molecule has 1 amide bonds. The molecule has 0 atom stereocenters. The summed E-state index contributed by atoms with van der Waals surface area (Å²) in [6.45, 7) is 7.51. The van der Waals surface area contributed by atoms with Crippen LogP contribution in [0.5, 0.6) is 0 Å². The molecule has 1 aromatic heterocycles. The first-order chi connectivity index (χ1) is 13.7. The van der Waals surface area contributed by atoms with Gasteiger partial charge in [-0.15, -0.1) is 0 Å². The van der Waals surface area contributed by atoms with Crippen LogP contribution in [0.15, 0.2) is 27.8 Å². The quantitative estimate of drug-likeness (QED) is 0.362. The van der Waals surface area contributed by atoms with Crippen molar-refractivity contribution >= 4 is 12.1 Å². The van der Waals surface area contributed by atoms with E-state index < -0.39 is 0 Å². The lowest BCUT2D eigenvalue weighted by molar-refractivity contribution is 0.0963. The molecular weight excluding hydrogens is 356 g/mol. The van der Waals surface area contributed by atoms with Gasteiger partial charge in [0.05, 0.1) is 12.9 Å². The normalized spacial score (nSPS) is 15.5. The van der Waals surface area contributed by atoms with E-state index in [-0.39, 0.29) is 6.09 Å². The predicted octanol–water partition coefficient (Wildman–Crippen LogP) is 3.56. The van der Waals surface area contributed by atoms with E-state index in [4.69, 9.17) is 14.1 Å². The Morgan fingerprint density at radius 2 is 2.11 bits per heavy atom. The van der Waals surface area contributed by atoms with Crippen molar-refractivity contribution in [2.24, 2.45) is 4.99 Å². The minimum atomic E-state index is -0.206. The fraction of sp³-hybridized carbons (Fsp3) is 0.714. The molecular formula is C21H36N4O3. The van der Waals surface area contributed by atoms with Gasteiger partial charge in [-0.1, -0.05) is 26.2 Å². The number of amides is 1. The molecule has 1 aliphatic rings. The van der Waals surface area contributed by atoms with Gasteiger partial charge in [0.2, 0.25) is 0 Å². The molecule has 1 saturated heterocycles. The van der Waals surface area contributed by atoms with E-state index in [2.05, 4.69) is 17.6 Å². The molecule has 0 bridgehead atoms. The molecule has 28 heavy (non-hydrogen) atoms. The van der Waals surface area contributed by atoms with E-state index >= 15 is 0 Å². The summed E-state index contributed by atoms with van der Waals surface area (Å²) >= 11 is 0. The van der Waals surface area contributed by atoms with E-state index in [1.165, 1.54) is 19.3 Å². The standard InChI is InChI=1S/C21H36N4O3/c1-3-5-6-7-13-22-20(23-14-10-19-9-8-17-28-19)24-18-11-15-25(16-12-18)21(26)27-4-2/h8-9,17-18H,3-7,10-16H2,1-2H3,(H2,22,23,24). The van der Waals surface area contributed by atoms with Gasteiger partial charge in [0.1, 0.15) is 5.76 Å². The summed E-state index contributed by atoms with van der Waals surface area (Å²) in [5.41, 5.74) is 0. The Hall–Kier alpha value is -2.18. The lowest BCUT2D eigenvalue weighted by atomic mass is 10.1. The fourth-order valence-electron chi connectivity index (χ4n) is 3.26. The van der Waals surface area contributed by atoms with E-state index in [9.17, 15) is 4.79 Å². The van der Waals surface area contributed by atoms with E-state index in [0.29, 0.717) is 25.7 Å². The van der Waals surface area contributed by atoms with Gasteiger partial charge in [0.15, 0.2) is 5.96 Å². The first-order valence-electron chi connectivity index (χ1n) is 10.7. The van der Waals surface area contributed by atoms with Gasteiger partial charge >= 0.3 is 6.09 Å². The first-order valence-corrected chi connectivity index (χ1v) is 10.7. The van der Waals surface area contributed by atoms with Crippen LogP contribution in [0.1, 0.15) is 58.1 Å². The highest BCUT2D eigenvalue weighted by atomic mass is 16.6. The van der Waals surface area contributed by atoms with Crippen LogP contribution in [-0.4, -0.2) is 55.8 Å². The number of guanidine groups is 1. The minimum absolute atomic E-state index is 0.206. The maximum atomic E-state index is 11.8. The Morgan fingerprint density at radius 3 is 2.79 bits per heavy atom. The highest BCUT2D eigenvalue weighted by molar-refractivity contribution is 5.80. The van der Waals surface area contributed by atoms with Crippen LogP contribution in [0.25, 0.3) is 0 Å². The van der Waals surface area contributed by atoms with Gasteiger partial charge in [-0.25, -0.2) is 4.79 Å². The Bertz CT molecular complexity index is 566. The molecule has 7 nitrogen and oxygen atoms in total. The number of carbonyl (C=O) groups excluding carboxylic acids is 1. The van der Waals surface area contributed by atoms with Crippen LogP contribution in [0.2, 0.25) is 0 Å². The van der Waals surface area contributed by atoms with Crippen LogP contribution >= 0.6 is 0 Å². The lowest BCUT2D eigenvalue weighted by Gasteiger charge is -2.32. The summed E-state index contributed by atoms with van der Waals surface area (Å²) in [4.78, 5) is 18.4. The Kier molecular flexibility index (Phi) is 10.3. The van der Waals surface area contributed by atoms with E-state index in [1.807, 2.05) is 19.1 Å². The summed E-state index contributed by atoms with van der Waals surface area (Å²) < 4.78 is 10.5. The number of aliphatic imine (C=N–C) groups is 1. The number of nitrogens with zero attached hydrogens (tertiary/aromatic N) is 2. The van der Waals surface area contributed by atoms with Gasteiger partial charge in [0, 0.05) is 38.6 Å². The van der Waals surface area contributed by atoms with Crippen molar-refractivity contribution in [3.05, 3.63) is 24.2 Å². The van der Waals surface area contributed by atoms with Crippen LogP contribution in [0, 0.1) is 0 Å². The Balaban J connectivity index is 1.78. The van der Waals surface area contributed by atoms with Crippen LogP contribution in [0.4, 0.5) is 4.79 Å². The van der Waals surface area contributed by atoms with E-state index in [0.717, 1.165) is 50.5 Å². The number of rotatable bonds is 10. The van der Waals surface area contributed by atoms with Gasteiger partial charge in [-0.3, -0.25) is 4.99 Å². The Labute approximate surface area is 168 Å². The van der Waals surface area contributed by atoms with Crippen molar-refractivity contribution in [1.29, 1.82) is 0 Å². The summed E-state index contributed by atoms with van der Waals surface area (Å²) in [6.07, 6.45) is 8.94. The molecule has 1 aromatic rings. The molecule has 0 saturated carbocycles. The summed E-state index contributed by atoms with van der Waals surface area (Å²) in [5, 5.41) is 6.97. The Morgan fingerprint density at radius 1 is 1.29 bits per heavy atom. The molecule has 0 aliphatic carbocycles. The molecule has 0 unspecified atom stereocenters. The average molecular weight is 393 g/mol. The highest BCUT2D eigenvalue weighted by Gasteiger charge is 2.24. The molecule has 7 heteroatoms. The number of nitrogens with one attached hydrogen (secondary N) is 2. The third-order valence-corrected chi connectivity index (χ3v) is 4.89. The fourth-order valence-corrected chi connectivity index (χ4v) is 3.26. The SMILES string of the molecule is CCCCCCN=C(NCCc1ccco1)NC1CCN(C(=O)OCC)CC1. The largest absolute Gasteiger partial charge is 0.469 e. The van der Waals surface area contributed by atoms with Crippen molar-refractivity contribution in [2.75, 3.05) is 32.8 Å². The van der Waals surface area contributed by atoms with Crippen molar-refractivity contribution in [3.8, 4) is 0 Å². The van der Waals surface area contributed by atoms with Crippen LogP contribution < -0.4 is 10.6 Å². The molecule has 1 aliphatic heterocycles. The van der Waals surface area contributed by atoms with Gasteiger partial charge in [-0.05, 0) is 38.3 Å². The molecule has 0 aromatic carbocycles. The zero-order valence-corrected chi connectivity index (χ0v) is 17.4. The monoisotopic (exact) mass is 392 g/mol. The second-order valence-electron chi connectivity index (χ2n) is 7.15. The maximum Gasteiger partial charge on any atom is 0.409 e. The third kappa shape index (κ3) is 8.23. The molecule has 0 spiro atoms. The van der Waals surface area contributed by atoms with Crippen LogP contribution in [0.3, 0.4) is 0 Å². The number of hydrogen-bond donors (Lipinski definition) is 2. The summed E-state index contributed by atoms with van der Waals surface area (Å²) in [6, 6.07) is 4.21. The zero-order chi connectivity index (χ0) is 20.0. The smallest absolute Gasteiger partial charge is 0.409 e. The maximum absolute atomic E-state index is 11.8. The van der Waals surface area contributed by atoms with Gasteiger partial charge < -0.3 is 24.7 Å². The molecule has 1 fully saturated rings. The van der Waals surface area contributed by atoms with E-state index in [1.54, 1.807) is 11.2 Å². The highest BCUT2D eigenvalue weighted by Crippen LogP contribution is 2.11. The number of carbonyl (C=O) groups is 1. The topological polar surface area (TPSA) is 79.1 Å². The van der Waals surface area contributed by atoms with Crippen molar-refractivity contribution in [1.82, 2.24) is 15.5 Å². The third-order valence-electron chi connectivity index (χ3n) is 4.89. The number of ether oxygens (including phenoxy) is 1. The predicted molar refractivity (Wildman–Crippen MR) is 112 cm³/mol. The van der Waals surface area contributed by atoms with Gasteiger partial charge in [0.25, 0.3) is 0 Å². The molecule has 158 valence electrons. The molecule has 2 rings (SSSR count). The zero-order valence-electron chi connectivity index (χ0n) is 17.4. The minimum Gasteiger partial charge on any atom is -0.469 e. The summed E-state index contributed by atoms with van der Waals surface area (Å²) in [7, 11) is 0. The molecule has 2 N–H and O–H groups in total. The van der Waals surface area contributed by atoms with Crippen molar-refractivity contribution in [3.63, 3.8) is 0 Å². The number of likely N-dealkylation sites (tertiary alicyclic amines) is 1. The molecule has 0 radical (unpaired) electrons. The van der Waals surface area contributed by atoms with Crippen molar-refractivity contribution in [2.45, 2.75) is 64.8 Å². The first kappa shape index (κ1) is 22.1. The number of piperidine rings is 1. The van der Waals surface area contributed by atoms with Crippen LogP contribution in [-0.2, 0) is 11.2 Å². The number of unbranched alkanes of at least 4 members (excludes halogenated alkanes) is 3. The second-order valence-corrected chi connectivity index (χ2v) is 7.15. The molecule has 2 heterocycles. The number of hydrogen-bond acceptors (Lipinski definition) is 4. The second kappa shape index (κ2) is 13.1.